The van der Waals surface area contributed by atoms with E-state index in [0.29, 0.717) is 19.4 Å². The average molecular weight is 481 g/mol. The van der Waals surface area contributed by atoms with Gasteiger partial charge in [-0.3, -0.25) is 9.59 Å². The molecule has 35 heavy (non-hydrogen) atoms. The molecule has 2 aliphatic carbocycles. The maximum Gasteiger partial charge on any atom is 0.407 e. The second kappa shape index (κ2) is 11.4. The second-order valence-electron chi connectivity index (χ2n) is 9.31. The number of amides is 2. The van der Waals surface area contributed by atoms with Crippen molar-refractivity contribution in [2.24, 2.45) is 11.8 Å². The molecule has 0 radical (unpaired) electrons. The number of carboxylic acid groups (broad SMARTS) is 1. The maximum atomic E-state index is 12.8. The van der Waals surface area contributed by atoms with Gasteiger partial charge in [0, 0.05) is 24.9 Å². The highest BCUT2D eigenvalue weighted by atomic mass is 16.5. The summed E-state index contributed by atoms with van der Waals surface area (Å²) in [6.07, 6.45) is 2.49. The number of aliphatic carboxylic acids is 1. The Kier molecular flexibility index (Phi) is 8.02. The first-order valence-electron chi connectivity index (χ1n) is 12.2. The number of alkyl carbamates (subject to hydrolysis) is 1. The van der Waals surface area contributed by atoms with Crippen LogP contribution in [0.5, 0.6) is 0 Å². The molecule has 0 spiro atoms. The van der Waals surface area contributed by atoms with Gasteiger partial charge in [-0.15, -0.1) is 0 Å². The van der Waals surface area contributed by atoms with Crippen molar-refractivity contribution in [3.8, 4) is 11.1 Å². The van der Waals surface area contributed by atoms with Crippen LogP contribution in [0, 0.1) is 11.8 Å². The van der Waals surface area contributed by atoms with Crippen molar-refractivity contribution < 1.29 is 29.3 Å². The van der Waals surface area contributed by atoms with E-state index >= 15 is 0 Å². The molecule has 2 aliphatic rings. The Morgan fingerprint density at radius 2 is 1.66 bits per heavy atom. The Bertz CT molecular complexity index is 1030. The van der Waals surface area contributed by atoms with Crippen LogP contribution >= 0.6 is 0 Å². The molecule has 8 heteroatoms. The molecular formula is C27H32N2O6. The molecule has 0 bridgehead atoms. The summed E-state index contributed by atoms with van der Waals surface area (Å²) in [5.41, 5.74) is 4.66. The van der Waals surface area contributed by atoms with E-state index in [2.05, 4.69) is 29.6 Å². The quantitative estimate of drug-likeness (QED) is 0.507. The predicted molar refractivity (Wildman–Crippen MR) is 130 cm³/mol. The van der Waals surface area contributed by atoms with Gasteiger partial charge in [-0.2, -0.15) is 0 Å². The lowest BCUT2D eigenvalue weighted by Gasteiger charge is -2.32. The van der Waals surface area contributed by atoms with Crippen LogP contribution in [-0.4, -0.2) is 65.9 Å². The highest BCUT2D eigenvalue weighted by molar-refractivity contribution is 5.83. The number of carbonyl (C=O) groups is 3. The number of aliphatic hydroxyl groups excluding tert-OH is 1. The molecular weight excluding hydrogens is 448 g/mol. The van der Waals surface area contributed by atoms with E-state index in [4.69, 9.17) is 9.84 Å². The largest absolute Gasteiger partial charge is 0.480 e. The van der Waals surface area contributed by atoms with Gasteiger partial charge in [0.25, 0.3) is 0 Å². The van der Waals surface area contributed by atoms with Crippen LogP contribution in [0.2, 0.25) is 0 Å². The fourth-order valence-electron chi connectivity index (χ4n) is 5.39. The molecule has 0 aliphatic heterocycles. The number of benzene rings is 2. The van der Waals surface area contributed by atoms with Gasteiger partial charge >= 0.3 is 12.1 Å². The molecule has 186 valence electrons. The van der Waals surface area contributed by atoms with Crippen LogP contribution in [0.25, 0.3) is 11.1 Å². The summed E-state index contributed by atoms with van der Waals surface area (Å²) in [7, 11) is 0. The van der Waals surface area contributed by atoms with E-state index in [1.54, 1.807) is 0 Å². The van der Waals surface area contributed by atoms with Gasteiger partial charge in [-0.1, -0.05) is 55.0 Å². The highest BCUT2D eigenvalue weighted by Crippen LogP contribution is 2.44. The van der Waals surface area contributed by atoms with Crippen molar-refractivity contribution in [1.82, 2.24) is 10.2 Å². The highest BCUT2D eigenvalue weighted by Gasteiger charge is 2.32. The lowest BCUT2D eigenvalue weighted by Crippen LogP contribution is -2.43. The van der Waals surface area contributed by atoms with Gasteiger partial charge < -0.3 is 25.2 Å². The summed E-state index contributed by atoms with van der Waals surface area (Å²) >= 11 is 0. The standard InChI is InChI=1S/C27H32N2O6/c30-13-12-29(16-25(31)32)26(33)19-7-5-6-18(14-19)15-28-27(34)35-17-24-22-10-3-1-8-20(22)21-9-2-4-11-23(21)24/h1-4,8-11,18-19,24,30H,5-7,12-17H2,(H,28,34)(H,31,32). The Morgan fingerprint density at radius 3 is 2.29 bits per heavy atom. The van der Waals surface area contributed by atoms with E-state index in [1.165, 1.54) is 16.0 Å². The number of nitrogens with one attached hydrogen (secondary N) is 1. The third-order valence-corrected chi connectivity index (χ3v) is 7.02. The van der Waals surface area contributed by atoms with Gasteiger partial charge in [0.05, 0.1) is 6.61 Å². The van der Waals surface area contributed by atoms with Crippen molar-refractivity contribution in [3.63, 3.8) is 0 Å². The Labute approximate surface area is 204 Å². The van der Waals surface area contributed by atoms with Crippen LogP contribution in [0.4, 0.5) is 4.79 Å². The maximum absolute atomic E-state index is 12.8. The summed E-state index contributed by atoms with van der Waals surface area (Å²) in [4.78, 5) is 37.6. The Balaban J connectivity index is 1.28. The van der Waals surface area contributed by atoms with Crippen LogP contribution < -0.4 is 5.32 Å². The third kappa shape index (κ3) is 5.82. The number of aliphatic hydroxyl groups is 1. The third-order valence-electron chi connectivity index (χ3n) is 7.02. The fourth-order valence-corrected chi connectivity index (χ4v) is 5.39. The SMILES string of the molecule is O=C(O)CN(CCO)C(=O)C1CCCC(CNC(=O)OCC2c3ccccc3-c3ccccc32)C1. The van der Waals surface area contributed by atoms with E-state index < -0.39 is 18.6 Å². The minimum absolute atomic E-state index is 0.00317. The Morgan fingerprint density at radius 1 is 1.00 bits per heavy atom. The van der Waals surface area contributed by atoms with E-state index in [1.807, 2.05) is 24.3 Å². The number of hydrogen-bond acceptors (Lipinski definition) is 5. The van der Waals surface area contributed by atoms with Crippen LogP contribution in [0.15, 0.2) is 48.5 Å². The van der Waals surface area contributed by atoms with Gasteiger partial charge in [-0.05, 0) is 47.4 Å². The number of ether oxygens (including phenoxy) is 1. The van der Waals surface area contributed by atoms with Crippen molar-refractivity contribution in [1.29, 1.82) is 0 Å². The van der Waals surface area contributed by atoms with Crippen LogP contribution in [0.3, 0.4) is 0 Å². The average Bonchev–Trinajstić information content (AvgIpc) is 3.19. The topological polar surface area (TPSA) is 116 Å². The molecule has 2 unspecified atom stereocenters. The molecule has 8 nitrogen and oxygen atoms in total. The first kappa shape index (κ1) is 24.7. The fraction of sp³-hybridized carbons (Fsp3) is 0.444. The molecule has 0 heterocycles. The molecule has 2 aromatic rings. The number of carbonyl (C=O) groups excluding carboxylic acids is 2. The van der Waals surface area contributed by atoms with Gasteiger partial charge in [0.1, 0.15) is 13.2 Å². The van der Waals surface area contributed by atoms with Crippen LogP contribution in [0.1, 0.15) is 42.7 Å². The van der Waals surface area contributed by atoms with Crippen molar-refractivity contribution in [2.45, 2.75) is 31.6 Å². The summed E-state index contributed by atoms with van der Waals surface area (Å²) in [6, 6.07) is 16.3. The molecule has 3 N–H and O–H groups in total. The molecule has 1 fully saturated rings. The molecule has 0 saturated heterocycles. The molecule has 2 aromatic carbocycles. The monoisotopic (exact) mass is 480 g/mol. The lowest BCUT2D eigenvalue weighted by atomic mass is 9.80. The number of rotatable bonds is 9. The van der Waals surface area contributed by atoms with Gasteiger partial charge in [0.15, 0.2) is 0 Å². The second-order valence-corrected chi connectivity index (χ2v) is 9.31. The number of nitrogens with zero attached hydrogens (tertiary/aromatic N) is 1. The lowest BCUT2D eigenvalue weighted by molar-refractivity contribution is -0.147. The minimum Gasteiger partial charge on any atom is -0.480 e. The molecule has 4 rings (SSSR count). The number of carboxylic acids is 1. The zero-order chi connectivity index (χ0) is 24.8. The van der Waals surface area contributed by atoms with Crippen molar-refractivity contribution in [2.75, 3.05) is 32.8 Å². The zero-order valence-corrected chi connectivity index (χ0v) is 19.7. The first-order chi connectivity index (χ1) is 17.0. The van der Waals surface area contributed by atoms with Crippen molar-refractivity contribution >= 4 is 18.0 Å². The normalized spacial score (nSPS) is 18.9. The minimum atomic E-state index is -1.10. The number of fused-ring (bicyclic) bond motifs is 3. The predicted octanol–water partition coefficient (Wildman–Crippen LogP) is 3.24. The molecule has 2 atom stereocenters. The van der Waals surface area contributed by atoms with Gasteiger partial charge in [0.2, 0.25) is 5.91 Å². The summed E-state index contributed by atoms with van der Waals surface area (Å²) in [5.74, 6) is -1.54. The van der Waals surface area contributed by atoms with Crippen LogP contribution in [-0.2, 0) is 14.3 Å². The van der Waals surface area contributed by atoms with Gasteiger partial charge in [-0.25, -0.2) is 4.79 Å². The summed E-state index contributed by atoms with van der Waals surface area (Å²) in [5, 5.41) is 21.1. The smallest absolute Gasteiger partial charge is 0.407 e. The summed E-state index contributed by atoms with van der Waals surface area (Å²) in [6.45, 7) is -0.0440. The molecule has 2 amide bonds. The Hall–Kier alpha value is -3.39. The number of hydrogen-bond donors (Lipinski definition) is 3. The van der Waals surface area contributed by atoms with Crippen molar-refractivity contribution in [3.05, 3.63) is 59.7 Å². The molecule has 0 aromatic heterocycles. The van der Waals surface area contributed by atoms with E-state index in [0.717, 1.165) is 24.0 Å². The summed E-state index contributed by atoms with van der Waals surface area (Å²) < 4.78 is 5.60. The van der Waals surface area contributed by atoms with E-state index in [9.17, 15) is 19.5 Å². The first-order valence-corrected chi connectivity index (χ1v) is 12.2. The zero-order valence-electron chi connectivity index (χ0n) is 19.7. The molecule has 1 saturated carbocycles. The van der Waals surface area contributed by atoms with E-state index in [-0.39, 0.29) is 43.4 Å².